The molecule has 1 aromatic carbocycles. The lowest BCUT2D eigenvalue weighted by Crippen LogP contribution is -2.08. The Morgan fingerprint density at radius 3 is 2.19 bits per heavy atom. The maximum absolute atomic E-state index is 13.3. The topological polar surface area (TPSA) is 0 Å². The molecule has 0 amide bonds. The lowest BCUT2D eigenvalue weighted by atomic mass is 9.96. The summed E-state index contributed by atoms with van der Waals surface area (Å²) in [6, 6.07) is 3.30. The highest BCUT2D eigenvalue weighted by Crippen LogP contribution is 2.37. The predicted molar refractivity (Wildman–Crippen MR) is 52.6 cm³/mol. The number of benzene rings is 1. The highest BCUT2D eigenvalue weighted by Gasteiger charge is 2.34. The van der Waals surface area contributed by atoms with Crippen LogP contribution in [0.1, 0.15) is 42.7 Å². The largest absolute Gasteiger partial charge is 0.419 e. The fourth-order valence-corrected chi connectivity index (χ4v) is 2.27. The Morgan fingerprint density at radius 2 is 1.69 bits per heavy atom. The molecule has 0 aliphatic heterocycles. The van der Waals surface area contributed by atoms with Gasteiger partial charge in [0.25, 0.3) is 0 Å². The maximum Gasteiger partial charge on any atom is 0.419 e. The Kier molecular flexibility index (Phi) is 2.91. The molecule has 0 N–H and O–H groups in total. The molecule has 0 radical (unpaired) electrons. The van der Waals surface area contributed by atoms with Crippen LogP contribution in [0.4, 0.5) is 17.6 Å². The molecule has 0 unspecified atom stereocenters. The van der Waals surface area contributed by atoms with E-state index in [4.69, 9.17) is 0 Å². The van der Waals surface area contributed by atoms with Gasteiger partial charge in [-0.3, -0.25) is 0 Å². The molecule has 1 aliphatic carbocycles. The van der Waals surface area contributed by atoms with Gasteiger partial charge in [0, 0.05) is 0 Å². The Balaban J connectivity index is 2.29. The molecule has 0 nitrogen and oxygen atoms in total. The Hall–Kier alpha value is -1.06. The molecule has 88 valence electrons. The third-order valence-electron chi connectivity index (χ3n) is 3.13. The van der Waals surface area contributed by atoms with Gasteiger partial charge < -0.3 is 0 Å². The summed E-state index contributed by atoms with van der Waals surface area (Å²) in [6.07, 6.45) is -0.547. The molecule has 1 fully saturated rings. The van der Waals surface area contributed by atoms with Crippen molar-refractivity contribution in [2.24, 2.45) is 0 Å². The van der Waals surface area contributed by atoms with Crippen molar-refractivity contribution in [2.75, 3.05) is 0 Å². The quantitative estimate of drug-likeness (QED) is 0.625. The van der Waals surface area contributed by atoms with Gasteiger partial charge in [0.2, 0.25) is 0 Å². The lowest BCUT2D eigenvalue weighted by Gasteiger charge is -2.12. The summed E-state index contributed by atoms with van der Waals surface area (Å²) >= 11 is 0. The van der Waals surface area contributed by atoms with Crippen LogP contribution in [0.3, 0.4) is 0 Å². The van der Waals surface area contributed by atoms with Gasteiger partial charge in [-0.05, 0) is 36.5 Å². The highest BCUT2D eigenvalue weighted by atomic mass is 19.4. The first-order chi connectivity index (χ1) is 7.48. The minimum atomic E-state index is -4.60. The fraction of sp³-hybridized carbons (Fsp3) is 0.500. The maximum atomic E-state index is 13.3. The van der Waals surface area contributed by atoms with Crippen LogP contribution < -0.4 is 0 Å². The van der Waals surface area contributed by atoms with Gasteiger partial charge in [-0.1, -0.05) is 18.9 Å². The molecule has 0 atom stereocenters. The van der Waals surface area contributed by atoms with Crippen molar-refractivity contribution in [1.82, 2.24) is 0 Å². The highest BCUT2D eigenvalue weighted by molar-refractivity contribution is 5.29. The van der Waals surface area contributed by atoms with Crippen molar-refractivity contribution >= 4 is 0 Å². The SMILES string of the molecule is Fc1cc(C2CCCC2)ccc1C(F)(F)F. The van der Waals surface area contributed by atoms with Crippen LogP contribution >= 0.6 is 0 Å². The van der Waals surface area contributed by atoms with Gasteiger partial charge in [-0.2, -0.15) is 13.2 Å². The minimum absolute atomic E-state index is 0.233. The molecular formula is C12H12F4. The summed E-state index contributed by atoms with van der Waals surface area (Å²) < 4.78 is 50.2. The minimum Gasteiger partial charge on any atom is -0.206 e. The summed E-state index contributed by atoms with van der Waals surface area (Å²) in [5.74, 6) is -0.923. The molecule has 4 heteroatoms. The Bertz CT molecular complexity index is 375. The molecule has 1 aromatic rings. The van der Waals surface area contributed by atoms with E-state index < -0.39 is 17.6 Å². The second-order valence-electron chi connectivity index (χ2n) is 4.22. The molecule has 0 spiro atoms. The number of rotatable bonds is 1. The molecule has 1 aliphatic rings. The van der Waals surface area contributed by atoms with E-state index in [1.165, 1.54) is 6.07 Å². The second kappa shape index (κ2) is 4.07. The van der Waals surface area contributed by atoms with Gasteiger partial charge in [0.15, 0.2) is 0 Å². The van der Waals surface area contributed by atoms with Gasteiger partial charge in [-0.15, -0.1) is 0 Å². The molecule has 0 aromatic heterocycles. The molecule has 1 saturated carbocycles. The van der Waals surface area contributed by atoms with Crippen LogP contribution in [0, 0.1) is 5.82 Å². The average Bonchev–Trinajstić information content (AvgIpc) is 2.68. The third kappa shape index (κ3) is 2.20. The van der Waals surface area contributed by atoms with E-state index >= 15 is 0 Å². The first-order valence-electron chi connectivity index (χ1n) is 5.35. The van der Waals surface area contributed by atoms with Crippen molar-refractivity contribution < 1.29 is 17.6 Å². The monoisotopic (exact) mass is 232 g/mol. The van der Waals surface area contributed by atoms with Crippen molar-refractivity contribution in [1.29, 1.82) is 0 Å². The molecule has 16 heavy (non-hydrogen) atoms. The zero-order chi connectivity index (χ0) is 11.8. The first-order valence-corrected chi connectivity index (χ1v) is 5.35. The van der Waals surface area contributed by atoms with Crippen LogP contribution in [0.25, 0.3) is 0 Å². The van der Waals surface area contributed by atoms with E-state index in [0.29, 0.717) is 5.56 Å². The lowest BCUT2D eigenvalue weighted by molar-refractivity contribution is -0.140. The van der Waals surface area contributed by atoms with E-state index in [1.807, 2.05) is 0 Å². The number of hydrogen-bond donors (Lipinski definition) is 0. The van der Waals surface area contributed by atoms with Gasteiger partial charge in [0.05, 0.1) is 5.56 Å². The second-order valence-corrected chi connectivity index (χ2v) is 4.22. The van der Waals surface area contributed by atoms with Crippen LogP contribution in [0.5, 0.6) is 0 Å². The summed E-state index contributed by atoms with van der Waals surface area (Å²) in [5.41, 5.74) is -0.475. The summed E-state index contributed by atoms with van der Waals surface area (Å²) in [5, 5.41) is 0. The van der Waals surface area contributed by atoms with E-state index in [9.17, 15) is 17.6 Å². The average molecular weight is 232 g/mol. The Labute approximate surface area is 91.3 Å². The number of halogens is 4. The van der Waals surface area contributed by atoms with Gasteiger partial charge in [-0.25, -0.2) is 4.39 Å². The fourth-order valence-electron chi connectivity index (χ4n) is 2.27. The summed E-state index contributed by atoms with van der Waals surface area (Å²) in [6.45, 7) is 0. The van der Waals surface area contributed by atoms with Crippen molar-refractivity contribution in [3.8, 4) is 0 Å². The van der Waals surface area contributed by atoms with E-state index in [-0.39, 0.29) is 5.92 Å². The van der Waals surface area contributed by atoms with Gasteiger partial charge in [0.1, 0.15) is 5.82 Å². The van der Waals surface area contributed by atoms with Crippen LogP contribution in [-0.4, -0.2) is 0 Å². The van der Waals surface area contributed by atoms with Crippen LogP contribution in [-0.2, 0) is 6.18 Å². The standard InChI is InChI=1S/C12H12F4/c13-11-7-9(8-3-1-2-4-8)5-6-10(11)12(14,15)16/h5-8H,1-4H2. The number of alkyl halides is 3. The first kappa shape index (κ1) is 11.4. The van der Waals surface area contributed by atoms with E-state index in [0.717, 1.165) is 37.8 Å². The number of hydrogen-bond acceptors (Lipinski definition) is 0. The van der Waals surface area contributed by atoms with E-state index in [2.05, 4.69) is 0 Å². The molecule has 0 heterocycles. The third-order valence-corrected chi connectivity index (χ3v) is 3.13. The van der Waals surface area contributed by atoms with Crippen molar-refractivity contribution in [3.05, 3.63) is 35.1 Å². The zero-order valence-corrected chi connectivity index (χ0v) is 8.65. The molecular weight excluding hydrogens is 220 g/mol. The van der Waals surface area contributed by atoms with Gasteiger partial charge >= 0.3 is 6.18 Å². The molecule has 2 rings (SSSR count). The molecule has 0 bridgehead atoms. The summed E-state index contributed by atoms with van der Waals surface area (Å²) in [7, 11) is 0. The van der Waals surface area contributed by atoms with Crippen molar-refractivity contribution in [3.63, 3.8) is 0 Å². The summed E-state index contributed by atoms with van der Waals surface area (Å²) in [4.78, 5) is 0. The van der Waals surface area contributed by atoms with Crippen molar-refractivity contribution in [2.45, 2.75) is 37.8 Å². The Morgan fingerprint density at radius 1 is 1.06 bits per heavy atom. The normalized spacial score (nSPS) is 18.0. The van der Waals surface area contributed by atoms with Crippen LogP contribution in [0.2, 0.25) is 0 Å². The predicted octanol–water partition coefficient (Wildman–Crippen LogP) is 4.50. The smallest absolute Gasteiger partial charge is 0.206 e. The van der Waals surface area contributed by atoms with Crippen LogP contribution in [0.15, 0.2) is 18.2 Å². The van der Waals surface area contributed by atoms with E-state index in [1.54, 1.807) is 0 Å². The molecule has 0 saturated heterocycles. The zero-order valence-electron chi connectivity index (χ0n) is 8.65.